The Morgan fingerprint density at radius 3 is 0.636 bits per heavy atom. The Morgan fingerprint density at radius 1 is 0.227 bits per heavy atom. The third-order valence-electron chi connectivity index (χ3n) is 16.6. The zero-order valence-corrected chi connectivity index (χ0v) is 63.2. The first-order valence-corrected chi connectivity index (χ1v) is 37.4. The van der Waals surface area contributed by atoms with Gasteiger partial charge in [-0.1, -0.05) is 131 Å². The van der Waals surface area contributed by atoms with Gasteiger partial charge in [-0.2, -0.15) is 24.0 Å². The third kappa shape index (κ3) is 37.6. The maximum Gasteiger partial charge on any atom is 0.549 e. The summed E-state index contributed by atoms with van der Waals surface area (Å²) in [5, 5.41) is 0. The highest BCUT2D eigenvalue weighted by Gasteiger charge is 2.36. The van der Waals surface area contributed by atoms with Crippen LogP contribution in [0, 0.1) is 17.8 Å². The summed E-state index contributed by atoms with van der Waals surface area (Å²) >= 11 is 0. The first-order chi connectivity index (χ1) is 53.5. The number of rotatable bonds is 49. The molecule has 0 N–H and O–H groups in total. The van der Waals surface area contributed by atoms with E-state index >= 15 is 0 Å². The Kier molecular flexibility index (Phi) is 44.2. The van der Waals surface area contributed by atoms with Gasteiger partial charge in [0.2, 0.25) is 0 Å². The zero-order chi connectivity index (χ0) is 79.2. The lowest BCUT2D eigenvalue weighted by molar-refractivity contribution is -0.210. The fourth-order valence-electron chi connectivity index (χ4n) is 10.4. The van der Waals surface area contributed by atoms with Gasteiger partial charge in [0, 0.05) is 17.8 Å². The van der Waals surface area contributed by atoms with E-state index in [0.29, 0.717) is 61.8 Å². The van der Waals surface area contributed by atoms with Crippen molar-refractivity contribution in [3.05, 3.63) is 149 Å². The van der Waals surface area contributed by atoms with Crippen molar-refractivity contribution in [3.8, 4) is 28.7 Å². The second-order valence-electron chi connectivity index (χ2n) is 25.1. The smallest absolute Gasteiger partial charge is 0.494 e. The van der Waals surface area contributed by atoms with Crippen molar-refractivity contribution in [3.63, 3.8) is 0 Å². The van der Waals surface area contributed by atoms with E-state index in [9.17, 15) is 47.9 Å². The van der Waals surface area contributed by atoms with Gasteiger partial charge < -0.3 is 47.4 Å². The molecule has 30 nitrogen and oxygen atoms in total. The van der Waals surface area contributed by atoms with Gasteiger partial charge in [-0.05, 0) is 166 Å². The first-order valence-electron chi connectivity index (χ1n) is 37.4. The summed E-state index contributed by atoms with van der Waals surface area (Å²) in [4.78, 5) is 180. The molecule has 0 aliphatic rings. The second kappa shape index (κ2) is 54.4. The molecule has 0 bridgehead atoms. The number of hydrogen-bond acceptors (Lipinski definition) is 30. The molecule has 0 aliphatic carbocycles. The maximum absolute atomic E-state index is 13.6. The van der Waals surface area contributed by atoms with Crippen molar-refractivity contribution >= 4 is 60.6 Å². The van der Waals surface area contributed by atoms with E-state index in [4.69, 9.17) is 86.5 Å². The predicted octanol–water partition coefficient (Wildman–Crippen LogP) is 18.0. The van der Waals surface area contributed by atoms with Crippen LogP contribution in [0.4, 0.5) is 24.0 Å². The summed E-state index contributed by atoms with van der Waals surface area (Å²) in [5.74, 6) is -7.51. The van der Waals surface area contributed by atoms with Crippen molar-refractivity contribution in [2.24, 2.45) is 17.8 Å². The van der Waals surface area contributed by atoms with Crippen LogP contribution in [0.5, 0.6) is 28.7 Å². The van der Waals surface area contributed by atoms with Crippen molar-refractivity contribution in [1.29, 1.82) is 0 Å². The monoisotopic (exact) mass is 1540 g/mol. The minimum atomic E-state index is -1.66. The standard InChI is InChI=1S/C80H102O30/c1-6-11-16-21-48-91-65-36-26-58(27-37-65)71(81)101-106-76(86)96-53-46-63(55-98-78(88)108-103-73(83)60-30-40-67(41-31-60)93-50-23-18-13-8-3)70(57-100-80(90)110-105-75(85)62-34-44-69(45-35-62)95-52-25-20-15-10-5)64(56-99-79(89)109-104-74(84)61-32-42-68(43-33-61)94-51-24-19-14-9-4)47-54-97-77(87)107-102-72(82)59-28-38-66(39-29-59)92-49-22-17-12-7-2/h26-45,63-64,70H,6-25,46-57H2,1-5H3. The molecule has 5 aromatic rings. The largest absolute Gasteiger partial charge is 0.549 e. The average Bonchev–Trinajstić information content (AvgIpc) is 0.873. The Balaban J connectivity index is 1.41. The molecular weight excluding hydrogens is 1440 g/mol. The van der Waals surface area contributed by atoms with Crippen LogP contribution < -0.4 is 23.7 Å². The van der Waals surface area contributed by atoms with Crippen LogP contribution in [0.15, 0.2) is 121 Å². The van der Waals surface area contributed by atoms with Crippen LogP contribution in [0.3, 0.4) is 0 Å². The van der Waals surface area contributed by atoms with E-state index < -0.39 is 124 Å². The molecule has 0 amide bonds. The lowest BCUT2D eigenvalue weighted by atomic mass is 9.79. The van der Waals surface area contributed by atoms with Crippen molar-refractivity contribution in [2.45, 2.75) is 176 Å². The molecule has 602 valence electrons. The molecule has 0 radical (unpaired) electrons. The Hall–Kier alpha value is -11.2. The zero-order valence-electron chi connectivity index (χ0n) is 63.2. The van der Waals surface area contributed by atoms with Gasteiger partial charge >= 0.3 is 60.6 Å². The third-order valence-corrected chi connectivity index (χ3v) is 16.6. The van der Waals surface area contributed by atoms with E-state index in [1.807, 2.05) is 0 Å². The fourth-order valence-corrected chi connectivity index (χ4v) is 10.4. The molecule has 2 atom stereocenters. The first kappa shape index (κ1) is 89.4. The van der Waals surface area contributed by atoms with Gasteiger partial charge in [0.1, 0.15) is 28.7 Å². The lowest BCUT2D eigenvalue weighted by Gasteiger charge is -2.32. The Bertz CT molecular complexity index is 3310. The fraction of sp³-hybridized carbons (Fsp3) is 0.500. The number of unbranched alkanes of at least 4 members (excludes halogenated alkanes) is 15. The molecule has 110 heavy (non-hydrogen) atoms. The Morgan fingerprint density at radius 2 is 0.427 bits per heavy atom. The number of carbonyl (C=O) groups is 10. The van der Waals surface area contributed by atoms with Gasteiger partial charge in [-0.15, -0.1) is 0 Å². The number of ether oxygens (including phenoxy) is 10. The average molecular weight is 1540 g/mol. The highest BCUT2D eigenvalue weighted by molar-refractivity contribution is 5.91. The topological polar surface area (TPSA) is 355 Å². The summed E-state index contributed by atoms with van der Waals surface area (Å²) < 4.78 is 55.7. The quantitative estimate of drug-likeness (QED) is 0.0115. The van der Waals surface area contributed by atoms with Gasteiger partial charge in [0.15, 0.2) is 0 Å². The second-order valence-corrected chi connectivity index (χ2v) is 25.1. The molecule has 5 aromatic carbocycles. The SMILES string of the molecule is CCCCCCOc1ccc(C(=O)OOC(=O)OCCC(COC(=O)OOC(=O)c2ccc(OCCCCCC)cc2)C(COC(=O)OOC(=O)c2ccc(OCCCCCC)cc2)C(CCOC(=O)OOC(=O)c2ccc(OCCCCCC)cc2)COC(=O)OOC(=O)c2ccc(OCCCCCC)cc2)cc1. The van der Waals surface area contributed by atoms with Gasteiger partial charge in [0.05, 0.1) is 93.9 Å². The molecule has 0 saturated carbocycles. The number of benzene rings is 5. The summed E-state index contributed by atoms with van der Waals surface area (Å²) in [6, 6.07) is 28.8. The number of carbonyl (C=O) groups excluding carboxylic acids is 10. The van der Waals surface area contributed by atoms with Crippen LogP contribution in [-0.4, -0.2) is 127 Å². The summed E-state index contributed by atoms with van der Waals surface area (Å²) in [7, 11) is 0. The van der Waals surface area contributed by atoms with E-state index in [-0.39, 0.29) is 27.8 Å². The summed E-state index contributed by atoms with van der Waals surface area (Å²) in [6.07, 6.45) is 10.3. The highest BCUT2D eigenvalue weighted by atomic mass is 17.3. The maximum atomic E-state index is 13.6. The molecule has 0 heterocycles. The highest BCUT2D eigenvalue weighted by Crippen LogP contribution is 2.31. The van der Waals surface area contributed by atoms with Gasteiger partial charge in [-0.3, -0.25) is 0 Å². The predicted molar refractivity (Wildman–Crippen MR) is 389 cm³/mol. The van der Waals surface area contributed by atoms with E-state index in [2.05, 4.69) is 44.4 Å². The van der Waals surface area contributed by atoms with Crippen LogP contribution >= 0.6 is 0 Å². The molecule has 0 saturated heterocycles. The van der Waals surface area contributed by atoms with E-state index in [1.54, 1.807) is 0 Å². The minimum Gasteiger partial charge on any atom is -0.494 e. The molecule has 0 fully saturated rings. The van der Waals surface area contributed by atoms with E-state index in [0.717, 1.165) is 128 Å². The molecule has 2 unspecified atom stereocenters. The van der Waals surface area contributed by atoms with Crippen molar-refractivity contribution in [1.82, 2.24) is 0 Å². The van der Waals surface area contributed by atoms with Gasteiger partial charge in [-0.25, -0.2) is 72.8 Å². The molecule has 0 aliphatic heterocycles. The normalized spacial score (nSPS) is 11.5. The molecule has 5 rings (SSSR count). The molecule has 0 spiro atoms. The van der Waals surface area contributed by atoms with Crippen molar-refractivity contribution in [2.75, 3.05) is 66.1 Å². The van der Waals surface area contributed by atoms with E-state index in [1.165, 1.54) is 121 Å². The minimum absolute atomic E-state index is 0.0387. The summed E-state index contributed by atoms with van der Waals surface area (Å²) in [5.41, 5.74) is -0.288. The van der Waals surface area contributed by atoms with Crippen LogP contribution in [0.1, 0.15) is 228 Å². The number of hydrogen-bond donors (Lipinski definition) is 0. The summed E-state index contributed by atoms with van der Waals surface area (Å²) in [6.45, 7) is 8.54. The molecular formula is C80H102O30. The van der Waals surface area contributed by atoms with Crippen LogP contribution in [-0.2, 0) is 72.6 Å². The molecule has 30 heteroatoms. The van der Waals surface area contributed by atoms with Gasteiger partial charge in [0.25, 0.3) is 0 Å². The van der Waals surface area contributed by atoms with Crippen LogP contribution in [0.25, 0.3) is 0 Å². The van der Waals surface area contributed by atoms with Crippen LogP contribution in [0.2, 0.25) is 0 Å². The Labute approximate surface area is 639 Å². The molecule has 0 aromatic heterocycles. The van der Waals surface area contributed by atoms with Crippen molar-refractivity contribution < 1.29 is 144 Å². The lowest BCUT2D eigenvalue weighted by Crippen LogP contribution is -2.37.